The molecule has 0 heteroatoms. The van der Waals surface area contributed by atoms with E-state index in [9.17, 15) is 0 Å². The minimum atomic E-state index is 1.10. The second-order valence-electron chi connectivity index (χ2n) is 4.28. The van der Waals surface area contributed by atoms with Gasteiger partial charge in [0, 0.05) is 6.42 Å². The Labute approximate surface area is 91.7 Å². The summed E-state index contributed by atoms with van der Waals surface area (Å²) in [4.78, 5) is 0. The molecule has 0 bridgehead atoms. The molecule has 0 unspecified atom stereocenters. The Morgan fingerprint density at radius 1 is 1.13 bits per heavy atom. The quantitative estimate of drug-likeness (QED) is 0.359. The highest BCUT2D eigenvalue weighted by Crippen LogP contribution is 2.30. The van der Waals surface area contributed by atoms with E-state index in [2.05, 4.69) is 49.6 Å². The highest BCUT2D eigenvalue weighted by molar-refractivity contribution is 5.36. The summed E-state index contributed by atoms with van der Waals surface area (Å²) in [5, 5.41) is 0. The van der Waals surface area contributed by atoms with E-state index >= 15 is 0 Å². The van der Waals surface area contributed by atoms with Crippen LogP contribution in [0, 0.1) is 0 Å². The van der Waals surface area contributed by atoms with E-state index in [4.69, 9.17) is 0 Å². The van der Waals surface area contributed by atoms with Crippen molar-refractivity contribution in [1.29, 1.82) is 0 Å². The normalized spacial score (nSPS) is 20.1. The Bertz CT molecular complexity index is 423. The van der Waals surface area contributed by atoms with Crippen LogP contribution < -0.4 is 0 Å². The summed E-state index contributed by atoms with van der Waals surface area (Å²) in [6.07, 6.45) is 13.9. The van der Waals surface area contributed by atoms with E-state index in [0.29, 0.717) is 0 Å². The van der Waals surface area contributed by atoms with E-state index < -0.39 is 0 Å². The molecule has 0 atom stereocenters. The first-order valence-electron chi connectivity index (χ1n) is 5.39. The molecule has 0 aliphatic heterocycles. The Morgan fingerprint density at radius 3 is 2.47 bits per heavy atom. The van der Waals surface area contributed by atoms with Crippen LogP contribution in [0.25, 0.3) is 0 Å². The van der Waals surface area contributed by atoms with E-state index in [-0.39, 0.29) is 0 Å². The number of hydrogen-bond acceptors (Lipinski definition) is 0. The predicted molar refractivity (Wildman–Crippen MR) is 65.6 cm³/mol. The van der Waals surface area contributed by atoms with Crippen molar-refractivity contribution in [2.24, 2.45) is 0 Å². The minimum absolute atomic E-state index is 1.10. The molecular weight excluding hydrogens is 180 g/mol. The fraction of sp³-hybridized carbons (Fsp3) is 0.267. The summed E-state index contributed by atoms with van der Waals surface area (Å²) in [5.41, 5.74) is 8.76. The predicted octanol–water partition coefficient (Wildman–Crippen LogP) is 4.25. The Hall–Kier alpha value is -1.52. The van der Waals surface area contributed by atoms with Gasteiger partial charge < -0.3 is 0 Å². The number of rotatable bonds is 3. The Kier molecular flexibility index (Phi) is 2.89. The molecule has 0 amide bonds. The van der Waals surface area contributed by atoms with Crippen LogP contribution in [0.15, 0.2) is 65.0 Å². The first kappa shape index (κ1) is 10.0. The molecule has 15 heavy (non-hydrogen) atoms. The van der Waals surface area contributed by atoms with Crippen molar-refractivity contribution in [3.63, 3.8) is 0 Å². The van der Waals surface area contributed by atoms with Gasteiger partial charge in [0.25, 0.3) is 0 Å². The third kappa shape index (κ3) is 2.71. The van der Waals surface area contributed by atoms with Crippen LogP contribution >= 0.6 is 0 Å². The molecule has 76 valence electrons. The van der Waals surface area contributed by atoms with Crippen molar-refractivity contribution in [3.05, 3.63) is 65.0 Å². The maximum Gasteiger partial charge on any atom is 0.00801 e. The average molecular weight is 196 g/mol. The maximum atomic E-state index is 3.91. The van der Waals surface area contributed by atoms with E-state index in [1.165, 1.54) is 22.3 Å². The Balaban J connectivity index is 1.79. The maximum absolute atomic E-state index is 3.91. The topological polar surface area (TPSA) is 0 Å². The van der Waals surface area contributed by atoms with Crippen molar-refractivity contribution in [1.82, 2.24) is 0 Å². The average Bonchev–Trinajstić information content (AvgIpc) is 2.11. The summed E-state index contributed by atoms with van der Waals surface area (Å²) in [5.74, 6) is 0. The van der Waals surface area contributed by atoms with Gasteiger partial charge >= 0.3 is 0 Å². The van der Waals surface area contributed by atoms with Gasteiger partial charge in [0.15, 0.2) is 0 Å². The van der Waals surface area contributed by atoms with Crippen molar-refractivity contribution in [3.8, 4) is 0 Å². The van der Waals surface area contributed by atoms with Gasteiger partial charge in [-0.25, -0.2) is 0 Å². The van der Waals surface area contributed by atoms with Gasteiger partial charge in [-0.1, -0.05) is 48.1 Å². The summed E-state index contributed by atoms with van der Waals surface area (Å²) in [7, 11) is 0. The molecular formula is C15H16. The molecule has 0 radical (unpaired) electrons. The first-order valence-corrected chi connectivity index (χ1v) is 5.39. The third-order valence-corrected chi connectivity index (χ3v) is 2.64. The largest absolute Gasteiger partial charge is 0.118 e. The monoisotopic (exact) mass is 196 g/mol. The smallest absolute Gasteiger partial charge is 0.00801 e. The van der Waals surface area contributed by atoms with Crippen molar-refractivity contribution in [2.45, 2.75) is 26.2 Å². The highest BCUT2D eigenvalue weighted by atomic mass is 14.2. The van der Waals surface area contributed by atoms with Gasteiger partial charge in [-0.15, -0.1) is 5.73 Å². The molecule has 0 saturated heterocycles. The third-order valence-electron chi connectivity index (χ3n) is 2.64. The van der Waals surface area contributed by atoms with Crippen LogP contribution in [0.1, 0.15) is 26.2 Å². The molecule has 0 spiro atoms. The summed E-state index contributed by atoms with van der Waals surface area (Å²) in [6, 6.07) is 0. The Morgan fingerprint density at radius 2 is 1.87 bits per heavy atom. The molecule has 0 aromatic rings. The lowest BCUT2D eigenvalue weighted by atomic mass is 9.87. The zero-order chi connectivity index (χ0) is 10.7. The van der Waals surface area contributed by atoms with Crippen LogP contribution in [-0.2, 0) is 0 Å². The molecule has 0 nitrogen and oxygen atoms in total. The lowest BCUT2D eigenvalue weighted by Crippen LogP contribution is -1.99. The molecule has 2 rings (SSSR count). The summed E-state index contributed by atoms with van der Waals surface area (Å²) >= 11 is 0. The van der Waals surface area contributed by atoms with Crippen LogP contribution in [0.3, 0.4) is 0 Å². The van der Waals surface area contributed by atoms with E-state index in [1.54, 1.807) is 0 Å². The minimum Gasteiger partial charge on any atom is -0.118 e. The van der Waals surface area contributed by atoms with Crippen LogP contribution in [0.5, 0.6) is 0 Å². The molecule has 0 aromatic heterocycles. The fourth-order valence-corrected chi connectivity index (χ4v) is 1.78. The molecule has 1 saturated carbocycles. The van der Waals surface area contributed by atoms with Gasteiger partial charge in [-0.05, 0) is 30.9 Å². The second-order valence-corrected chi connectivity index (χ2v) is 4.28. The summed E-state index contributed by atoms with van der Waals surface area (Å²) in [6.45, 7) is 6.02. The second kappa shape index (κ2) is 4.33. The lowest BCUT2D eigenvalue weighted by molar-refractivity contribution is 0.866. The first-order chi connectivity index (χ1) is 7.24. The van der Waals surface area contributed by atoms with Gasteiger partial charge in [0.1, 0.15) is 0 Å². The molecule has 0 aromatic carbocycles. The van der Waals surface area contributed by atoms with Crippen molar-refractivity contribution < 1.29 is 0 Å². The van der Waals surface area contributed by atoms with E-state index in [0.717, 1.165) is 19.3 Å². The van der Waals surface area contributed by atoms with Gasteiger partial charge in [0.05, 0.1) is 0 Å². The standard InChI is InChI=1S/C15H16/c1-12-8-14(9-12)6-4-3-5-7-15-10-13(2)11-15/h3-7H,1,8-10H2,2H3. The summed E-state index contributed by atoms with van der Waals surface area (Å²) < 4.78 is 0. The zero-order valence-corrected chi connectivity index (χ0v) is 9.22. The number of hydrogen-bond donors (Lipinski definition) is 0. The van der Waals surface area contributed by atoms with Crippen LogP contribution in [0.2, 0.25) is 0 Å². The SMILES string of the molecule is C=C1CC(=CC=CC=CC2=C=C(C)C2)C1. The lowest BCUT2D eigenvalue weighted by Gasteiger charge is -2.18. The zero-order valence-electron chi connectivity index (χ0n) is 9.22. The molecule has 2 aliphatic carbocycles. The van der Waals surface area contributed by atoms with Gasteiger partial charge in [-0.3, -0.25) is 0 Å². The molecule has 2 aliphatic rings. The van der Waals surface area contributed by atoms with Crippen LogP contribution in [0.4, 0.5) is 0 Å². The van der Waals surface area contributed by atoms with Gasteiger partial charge in [0.2, 0.25) is 0 Å². The fourth-order valence-electron chi connectivity index (χ4n) is 1.78. The molecule has 0 N–H and O–H groups in total. The van der Waals surface area contributed by atoms with Crippen LogP contribution in [-0.4, -0.2) is 0 Å². The van der Waals surface area contributed by atoms with Crippen molar-refractivity contribution >= 4 is 0 Å². The molecule has 1 fully saturated rings. The van der Waals surface area contributed by atoms with E-state index in [1.807, 2.05) is 0 Å². The van der Waals surface area contributed by atoms with Crippen molar-refractivity contribution in [2.75, 3.05) is 0 Å². The van der Waals surface area contributed by atoms with Gasteiger partial charge in [-0.2, -0.15) is 0 Å². The number of allylic oxidation sites excluding steroid dienone is 8. The highest BCUT2D eigenvalue weighted by Gasteiger charge is 2.10. The molecule has 0 heterocycles.